The van der Waals surface area contributed by atoms with Crippen molar-refractivity contribution in [3.8, 4) is 5.75 Å². The highest BCUT2D eigenvalue weighted by Crippen LogP contribution is 2.25. The van der Waals surface area contributed by atoms with Crippen LogP contribution >= 0.6 is 0 Å². The summed E-state index contributed by atoms with van der Waals surface area (Å²) >= 11 is 0. The van der Waals surface area contributed by atoms with Crippen LogP contribution < -0.4 is 16.2 Å². The smallest absolute Gasteiger partial charge is 0.119 e. The number of benzene rings is 1. The average Bonchev–Trinajstić information content (AvgIpc) is 2.36. The van der Waals surface area contributed by atoms with Crippen LogP contribution in [-0.4, -0.2) is 24.3 Å². The van der Waals surface area contributed by atoms with Gasteiger partial charge in [0.25, 0.3) is 0 Å². The fourth-order valence-electron chi connectivity index (χ4n) is 1.91. The number of aliphatic hydroxyl groups is 1. The first-order valence-corrected chi connectivity index (χ1v) is 6.82. The van der Waals surface area contributed by atoms with Crippen LogP contribution in [0.25, 0.3) is 0 Å². The Morgan fingerprint density at radius 1 is 1.32 bits per heavy atom. The molecular formula is C15H26N2O2. The minimum absolute atomic E-state index is 0.328. The number of aryl methyl sites for hydroxylation is 1. The van der Waals surface area contributed by atoms with Crippen LogP contribution in [0.5, 0.6) is 5.75 Å². The van der Waals surface area contributed by atoms with Gasteiger partial charge in [0, 0.05) is 6.04 Å². The first-order chi connectivity index (χ1) is 8.95. The third kappa shape index (κ3) is 4.82. The first-order valence-electron chi connectivity index (χ1n) is 6.82. The zero-order valence-corrected chi connectivity index (χ0v) is 12.1. The summed E-state index contributed by atoms with van der Waals surface area (Å²) in [6.45, 7) is 7.34. The van der Waals surface area contributed by atoms with Gasteiger partial charge >= 0.3 is 0 Å². The van der Waals surface area contributed by atoms with Gasteiger partial charge in [-0.1, -0.05) is 19.9 Å². The van der Waals surface area contributed by atoms with E-state index in [1.807, 2.05) is 25.1 Å². The molecule has 2 atom stereocenters. The van der Waals surface area contributed by atoms with Crippen LogP contribution in [0.1, 0.15) is 37.5 Å². The molecule has 1 aromatic carbocycles. The Morgan fingerprint density at radius 3 is 2.53 bits per heavy atom. The molecule has 0 saturated carbocycles. The molecule has 1 aromatic rings. The summed E-state index contributed by atoms with van der Waals surface area (Å²) < 4.78 is 5.66. The van der Waals surface area contributed by atoms with Crippen molar-refractivity contribution in [2.45, 2.75) is 39.3 Å². The largest absolute Gasteiger partial charge is 0.493 e. The zero-order chi connectivity index (χ0) is 14.4. The van der Waals surface area contributed by atoms with E-state index in [4.69, 9.17) is 16.2 Å². The molecule has 19 heavy (non-hydrogen) atoms. The maximum Gasteiger partial charge on any atom is 0.119 e. The van der Waals surface area contributed by atoms with E-state index >= 15 is 0 Å². The molecule has 4 heteroatoms. The van der Waals surface area contributed by atoms with Crippen LogP contribution in [-0.2, 0) is 0 Å². The first kappa shape index (κ1) is 16.0. The minimum atomic E-state index is -0.678. The standard InChI is InChI=1S/C15H26N2O2/c1-10(2)9-19-12-4-5-13(11(3)8-12)15(18)14(17)6-7-16/h4-5,8,10,14-15,18H,6-7,9,16-17H2,1-3H3. The van der Waals surface area contributed by atoms with Crippen molar-refractivity contribution < 1.29 is 9.84 Å². The van der Waals surface area contributed by atoms with Gasteiger partial charge < -0.3 is 21.3 Å². The van der Waals surface area contributed by atoms with Crippen molar-refractivity contribution >= 4 is 0 Å². The fraction of sp³-hybridized carbons (Fsp3) is 0.600. The van der Waals surface area contributed by atoms with Gasteiger partial charge in [-0.25, -0.2) is 0 Å². The van der Waals surface area contributed by atoms with Crippen molar-refractivity contribution in [1.82, 2.24) is 0 Å². The number of hydrogen-bond donors (Lipinski definition) is 3. The third-order valence-corrected chi connectivity index (χ3v) is 3.05. The number of ether oxygens (including phenoxy) is 1. The normalized spacial score (nSPS) is 14.5. The summed E-state index contributed by atoms with van der Waals surface area (Å²) in [4.78, 5) is 0. The average molecular weight is 266 g/mol. The predicted octanol–water partition coefficient (Wildman–Crippen LogP) is 1.74. The van der Waals surface area contributed by atoms with E-state index in [1.165, 1.54) is 0 Å². The second-order valence-electron chi connectivity index (χ2n) is 5.41. The van der Waals surface area contributed by atoms with Gasteiger partial charge in [-0.3, -0.25) is 0 Å². The van der Waals surface area contributed by atoms with Gasteiger partial charge in [0.05, 0.1) is 12.7 Å². The summed E-state index contributed by atoms with van der Waals surface area (Å²) in [6, 6.07) is 5.37. The lowest BCUT2D eigenvalue weighted by Gasteiger charge is -2.21. The number of hydrogen-bond acceptors (Lipinski definition) is 4. The molecule has 0 aromatic heterocycles. The summed E-state index contributed by atoms with van der Waals surface area (Å²) in [5.41, 5.74) is 13.2. The van der Waals surface area contributed by atoms with Gasteiger partial charge in [-0.15, -0.1) is 0 Å². The van der Waals surface area contributed by atoms with E-state index < -0.39 is 6.10 Å². The van der Waals surface area contributed by atoms with E-state index in [0.29, 0.717) is 25.5 Å². The van der Waals surface area contributed by atoms with Gasteiger partial charge in [-0.05, 0) is 49.1 Å². The molecule has 0 spiro atoms. The fourth-order valence-corrected chi connectivity index (χ4v) is 1.91. The molecule has 0 amide bonds. The molecule has 0 fully saturated rings. The highest BCUT2D eigenvalue weighted by atomic mass is 16.5. The molecule has 5 N–H and O–H groups in total. The van der Waals surface area contributed by atoms with Crippen molar-refractivity contribution in [1.29, 1.82) is 0 Å². The van der Waals surface area contributed by atoms with Crippen LogP contribution in [0.2, 0.25) is 0 Å². The van der Waals surface area contributed by atoms with E-state index in [1.54, 1.807) is 0 Å². The Bertz CT molecular complexity index is 394. The van der Waals surface area contributed by atoms with Crippen molar-refractivity contribution in [2.24, 2.45) is 17.4 Å². The Morgan fingerprint density at radius 2 is 2.00 bits per heavy atom. The van der Waals surface area contributed by atoms with Crippen LogP contribution in [0.15, 0.2) is 18.2 Å². The Balaban J connectivity index is 2.76. The molecule has 1 rings (SSSR count). The molecule has 0 aliphatic heterocycles. The van der Waals surface area contributed by atoms with Crippen molar-refractivity contribution in [2.75, 3.05) is 13.2 Å². The van der Waals surface area contributed by atoms with Gasteiger partial charge in [-0.2, -0.15) is 0 Å². The topological polar surface area (TPSA) is 81.5 Å². The molecule has 0 aliphatic carbocycles. The predicted molar refractivity (Wildman–Crippen MR) is 78.1 cm³/mol. The van der Waals surface area contributed by atoms with E-state index in [-0.39, 0.29) is 6.04 Å². The molecule has 4 nitrogen and oxygen atoms in total. The molecule has 108 valence electrons. The van der Waals surface area contributed by atoms with Crippen molar-refractivity contribution in [3.05, 3.63) is 29.3 Å². The van der Waals surface area contributed by atoms with Gasteiger partial charge in [0.2, 0.25) is 0 Å². The summed E-state index contributed by atoms with van der Waals surface area (Å²) in [5.74, 6) is 1.32. The second-order valence-corrected chi connectivity index (χ2v) is 5.41. The molecule has 0 saturated heterocycles. The lowest BCUT2D eigenvalue weighted by atomic mass is 9.96. The maximum absolute atomic E-state index is 10.2. The molecular weight excluding hydrogens is 240 g/mol. The monoisotopic (exact) mass is 266 g/mol. The summed E-state index contributed by atoms with van der Waals surface area (Å²) in [6.07, 6.45) is -0.0747. The van der Waals surface area contributed by atoms with Crippen LogP contribution in [0.4, 0.5) is 0 Å². The van der Waals surface area contributed by atoms with Crippen LogP contribution in [0, 0.1) is 12.8 Å². The Labute approximate surface area is 115 Å². The molecule has 0 bridgehead atoms. The zero-order valence-electron chi connectivity index (χ0n) is 12.1. The number of rotatable bonds is 7. The SMILES string of the molecule is Cc1cc(OCC(C)C)ccc1C(O)C(N)CCN. The highest BCUT2D eigenvalue weighted by molar-refractivity contribution is 5.36. The second kappa shape index (κ2) is 7.48. The van der Waals surface area contributed by atoms with E-state index in [2.05, 4.69) is 13.8 Å². The minimum Gasteiger partial charge on any atom is -0.493 e. The van der Waals surface area contributed by atoms with Crippen molar-refractivity contribution in [3.63, 3.8) is 0 Å². The molecule has 2 unspecified atom stereocenters. The lowest BCUT2D eigenvalue weighted by Crippen LogP contribution is -2.31. The number of nitrogens with two attached hydrogens (primary N) is 2. The lowest BCUT2D eigenvalue weighted by molar-refractivity contribution is 0.142. The Kier molecular flexibility index (Phi) is 6.28. The van der Waals surface area contributed by atoms with Gasteiger partial charge in [0.1, 0.15) is 5.75 Å². The number of aliphatic hydroxyl groups excluding tert-OH is 1. The maximum atomic E-state index is 10.2. The highest BCUT2D eigenvalue weighted by Gasteiger charge is 2.18. The van der Waals surface area contributed by atoms with E-state index in [0.717, 1.165) is 16.9 Å². The van der Waals surface area contributed by atoms with Gasteiger partial charge in [0.15, 0.2) is 0 Å². The summed E-state index contributed by atoms with van der Waals surface area (Å²) in [7, 11) is 0. The van der Waals surface area contributed by atoms with Crippen LogP contribution in [0.3, 0.4) is 0 Å². The summed E-state index contributed by atoms with van der Waals surface area (Å²) in [5, 5.41) is 10.2. The quantitative estimate of drug-likeness (QED) is 0.702. The molecule has 0 aliphatic rings. The molecule has 0 heterocycles. The Hall–Kier alpha value is -1.10. The molecule has 0 radical (unpaired) electrons. The third-order valence-electron chi connectivity index (χ3n) is 3.05. The van der Waals surface area contributed by atoms with E-state index in [9.17, 15) is 5.11 Å².